The summed E-state index contributed by atoms with van der Waals surface area (Å²) in [7, 11) is 1.64. The van der Waals surface area contributed by atoms with Crippen LogP contribution in [0.4, 0.5) is 0 Å². The van der Waals surface area contributed by atoms with Crippen molar-refractivity contribution in [1.29, 1.82) is 0 Å². The lowest BCUT2D eigenvalue weighted by atomic mass is 10.1. The summed E-state index contributed by atoms with van der Waals surface area (Å²) in [4.78, 5) is 10.5. The van der Waals surface area contributed by atoms with E-state index in [9.17, 15) is 4.79 Å². The molecule has 0 aromatic heterocycles. The predicted molar refractivity (Wildman–Crippen MR) is 63.4 cm³/mol. The number of carbonyl (C=O) groups is 1. The molecule has 0 aliphatic carbocycles. The number of benzene rings is 1. The topological polar surface area (TPSA) is 35.5 Å². The van der Waals surface area contributed by atoms with Gasteiger partial charge in [-0.1, -0.05) is 12.1 Å². The monoisotopic (exact) mass is 220 g/mol. The van der Waals surface area contributed by atoms with Crippen molar-refractivity contribution in [3.05, 3.63) is 35.4 Å². The Balaban J connectivity index is 2.68. The van der Waals surface area contributed by atoms with Crippen LogP contribution in [-0.4, -0.2) is 19.7 Å². The molecule has 0 fully saturated rings. The fourth-order valence-electron chi connectivity index (χ4n) is 1.27. The number of hydrogen-bond acceptors (Lipinski definition) is 3. The molecular formula is C13H16O3. The van der Waals surface area contributed by atoms with E-state index in [2.05, 4.69) is 0 Å². The largest absolute Gasteiger partial charge is 0.497 e. The van der Waals surface area contributed by atoms with Gasteiger partial charge in [0.1, 0.15) is 12.4 Å². The first-order valence-corrected chi connectivity index (χ1v) is 5.08. The van der Waals surface area contributed by atoms with Gasteiger partial charge in [-0.2, -0.15) is 0 Å². The molecule has 0 amide bonds. The molecule has 0 heterocycles. The van der Waals surface area contributed by atoms with E-state index < -0.39 is 0 Å². The second-order valence-corrected chi connectivity index (χ2v) is 3.43. The molecular weight excluding hydrogens is 204 g/mol. The van der Waals surface area contributed by atoms with Crippen molar-refractivity contribution >= 4 is 12.0 Å². The Bertz CT molecular complexity index is 394. The van der Waals surface area contributed by atoms with Gasteiger partial charge in [-0.25, -0.2) is 0 Å². The van der Waals surface area contributed by atoms with Crippen molar-refractivity contribution < 1.29 is 14.3 Å². The molecule has 1 rings (SSSR count). The zero-order valence-corrected chi connectivity index (χ0v) is 9.82. The Labute approximate surface area is 95.7 Å². The average Bonchev–Trinajstić information content (AvgIpc) is 2.26. The van der Waals surface area contributed by atoms with E-state index in [-0.39, 0.29) is 5.97 Å². The molecule has 0 N–H and O–H groups in total. The highest BCUT2D eigenvalue weighted by Gasteiger charge is 1.97. The first-order valence-electron chi connectivity index (χ1n) is 5.08. The molecule has 0 aliphatic heterocycles. The summed E-state index contributed by atoms with van der Waals surface area (Å²) in [5, 5.41) is 0. The van der Waals surface area contributed by atoms with Crippen molar-refractivity contribution in [1.82, 2.24) is 0 Å². The van der Waals surface area contributed by atoms with Gasteiger partial charge in [0.15, 0.2) is 0 Å². The van der Waals surface area contributed by atoms with Gasteiger partial charge in [0.05, 0.1) is 7.11 Å². The lowest BCUT2D eigenvalue weighted by Crippen LogP contribution is -1.97. The summed E-state index contributed by atoms with van der Waals surface area (Å²) in [5.74, 6) is 0.546. The number of esters is 1. The number of carbonyl (C=O) groups excluding carboxylic acids is 1. The van der Waals surface area contributed by atoms with Crippen LogP contribution in [0.1, 0.15) is 18.1 Å². The van der Waals surface area contributed by atoms with Gasteiger partial charge in [0.2, 0.25) is 0 Å². The van der Waals surface area contributed by atoms with Crippen LogP contribution in [0.15, 0.2) is 24.3 Å². The van der Waals surface area contributed by atoms with Crippen molar-refractivity contribution in [3.63, 3.8) is 0 Å². The Morgan fingerprint density at radius 2 is 2.19 bits per heavy atom. The van der Waals surface area contributed by atoms with Crippen LogP contribution in [0.2, 0.25) is 0 Å². The predicted octanol–water partition coefficient (Wildman–Crippen LogP) is 2.58. The van der Waals surface area contributed by atoms with E-state index in [0.29, 0.717) is 6.61 Å². The molecule has 86 valence electrons. The number of rotatable bonds is 4. The van der Waals surface area contributed by atoms with Crippen LogP contribution in [0.25, 0.3) is 6.08 Å². The molecule has 16 heavy (non-hydrogen) atoms. The molecule has 3 heteroatoms. The maximum absolute atomic E-state index is 10.5. The van der Waals surface area contributed by atoms with Crippen molar-refractivity contribution in [2.24, 2.45) is 0 Å². The summed E-state index contributed by atoms with van der Waals surface area (Å²) in [5.41, 5.74) is 2.21. The minimum Gasteiger partial charge on any atom is -0.497 e. The summed E-state index contributed by atoms with van der Waals surface area (Å²) >= 11 is 0. The molecule has 0 unspecified atom stereocenters. The molecule has 0 aliphatic rings. The van der Waals surface area contributed by atoms with Crippen LogP contribution >= 0.6 is 0 Å². The Morgan fingerprint density at radius 1 is 1.44 bits per heavy atom. The number of aryl methyl sites for hydroxylation is 1. The van der Waals surface area contributed by atoms with Gasteiger partial charge < -0.3 is 9.47 Å². The molecule has 1 aromatic carbocycles. The maximum atomic E-state index is 10.5. The van der Waals surface area contributed by atoms with Crippen LogP contribution in [0, 0.1) is 6.92 Å². The minimum absolute atomic E-state index is 0.271. The fraction of sp³-hybridized carbons (Fsp3) is 0.308. The van der Waals surface area contributed by atoms with Gasteiger partial charge in [-0.05, 0) is 36.3 Å². The third-order valence-electron chi connectivity index (χ3n) is 2.17. The second-order valence-electron chi connectivity index (χ2n) is 3.43. The average molecular weight is 220 g/mol. The Hall–Kier alpha value is -1.77. The van der Waals surface area contributed by atoms with Crippen molar-refractivity contribution in [2.45, 2.75) is 13.8 Å². The molecule has 1 aromatic rings. The van der Waals surface area contributed by atoms with Crippen LogP contribution in [0.3, 0.4) is 0 Å². The number of ether oxygens (including phenoxy) is 2. The number of methoxy groups -OCH3 is 1. The van der Waals surface area contributed by atoms with Crippen molar-refractivity contribution in [3.8, 4) is 5.75 Å². The van der Waals surface area contributed by atoms with Crippen LogP contribution < -0.4 is 4.74 Å². The zero-order valence-electron chi connectivity index (χ0n) is 9.82. The van der Waals surface area contributed by atoms with E-state index in [4.69, 9.17) is 9.47 Å². The summed E-state index contributed by atoms with van der Waals surface area (Å²) < 4.78 is 9.94. The molecule has 0 atom stereocenters. The normalized spacial score (nSPS) is 10.4. The highest BCUT2D eigenvalue weighted by atomic mass is 16.5. The smallest absolute Gasteiger partial charge is 0.302 e. The van der Waals surface area contributed by atoms with E-state index in [1.54, 1.807) is 7.11 Å². The first kappa shape index (κ1) is 12.3. The maximum Gasteiger partial charge on any atom is 0.302 e. The van der Waals surface area contributed by atoms with E-state index in [1.165, 1.54) is 6.92 Å². The van der Waals surface area contributed by atoms with Crippen molar-refractivity contribution in [2.75, 3.05) is 13.7 Å². The third-order valence-corrected chi connectivity index (χ3v) is 2.17. The van der Waals surface area contributed by atoms with Gasteiger partial charge in [-0.3, -0.25) is 4.79 Å². The lowest BCUT2D eigenvalue weighted by molar-refractivity contribution is -0.139. The van der Waals surface area contributed by atoms with Gasteiger partial charge in [0, 0.05) is 6.92 Å². The number of hydrogen-bond donors (Lipinski definition) is 0. The highest BCUT2D eigenvalue weighted by molar-refractivity contribution is 5.66. The standard InChI is InChI=1S/C13H16O3/c1-10-6-7-13(15-3)9-12(10)5-4-8-16-11(2)14/h4-7,9H,8H2,1-3H3/b5-4+. The van der Waals surface area contributed by atoms with Gasteiger partial charge >= 0.3 is 5.97 Å². The summed E-state index contributed by atoms with van der Waals surface area (Å²) in [6.07, 6.45) is 3.73. The molecule has 0 radical (unpaired) electrons. The quantitative estimate of drug-likeness (QED) is 0.731. The Kier molecular flexibility index (Phi) is 4.58. The lowest BCUT2D eigenvalue weighted by Gasteiger charge is -2.04. The Morgan fingerprint density at radius 3 is 2.81 bits per heavy atom. The zero-order chi connectivity index (χ0) is 12.0. The highest BCUT2D eigenvalue weighted by Crippen LogP contribution is 2.18. The SMILES string of the molecule is COc1ccc(C)c(/C=C/COC(C)=O)c1. The van der Waals surface area contributed by atoms with E-state index in [0.717, 1.165) is 16.9 Å². The fourth-order valence-corrected chi connectivity index (χ4v) is 1.27. The molecule has 0 spiro atoms. The minimum atomic E-state index is -0.271. The molecule has 3 nitrogen and oxygen atoms in total. The summed E-state index contributed by atoms with van der Waals surface area (Å²) in [6.45, 7) is 3.71. The first-order chi connectivity index (χ1) is 7.63. The third kappa shape index (κ3) is 3.77. The molecule has 0 saturated carbocycles. The van der Waals surface area contributed by atoms with Gasteiger partial charge in [-0.15, -0.1) is 0 Å². The van der Waals surface area contributed by atoms with E-state index >= 15 is 0 Å². The second kappa shape index (κ2) is 5.95. The van der Waals surface area contributed by atoms with Gasteiger partial charge in [0.25, 0.3) is 0 Å². The molecule has 0 bridgehead atoms. The van der Waals surface area contributed by atoms with E-state index in [1.807, 2.05) is 37.3 Å². The van der Waals surface area contributed by atoms with Crippen LogP contribution in [-0.2, 0) is 9.53 Å². The molecule has 0 saturated heterocycles. The van der Waals surface area contributed by atoms with Crippen LogP contribution in [0.5, 0.6) is 5.75 Å². The summed E-state index contributed by atoms with van der Waals surface area (Å²) in [6, 6.07) is 5.85.